The van der Waals surface area contributed by atoms with E-state index in [1.54, 1.807) is 0 Å². The van der Waals surface area contributed by atoms with Crippen molar-refractivity contribution in [3.63, 3.8) is 0 Å². The van der Waals surface area contributed by atoms with Crippen molar-refractivity contribution in [3.8, 4) is 6.07 Å². The number of nitriles is 1. The van der Waals surface area contributed by atoms with E-state index in [-0.39, 0.29) is 11.5 Å². The standard InChI is InChI=1S/C22H35NO/c1-4-14-12-22(3)15(11-20(14)24)5-7-17-18-8-6-16(13-23)21(18,2)10-9-19(17)22/h14-20,24H,4-12H2,1-3H3/t14-,15?,16+,17-,18?,19?,20-,21+,22-/m0/s1. The van der Waals surface area contributed by atoms with Crippen LogP contribution < -0.4 is 0 Å². The van der Waals surface area contributed by atoms with Gasteiger partial charge in [-0.1, -0.05) is 27.2 Å². The van der Waals surface area contributed by atoms with Gasteiger partial charge in [0.2, 0.25) is 0 Å². The van der Waals surface area contributed by atoms with Crippen LogP contribution in [0.15, 0.2) is 0 Å². The van der Waals surface area contributed by atoms with Gasteiger partial charge in [0.05, 0.1) is 18.1 Å². The zero-order chi connectivity index (χ0) is 17.1. The quantitative estimate of drug-likeness (QED) is 0.721. The van der Waals surface area contributed by atoms with E-state index in [2.05, 4.69) is 26.8 Å². The van der Waals surface area contributed by atoms with E-state index in [9.17, 15) is 10.4 Å². The van der Waals surface area contributed by atoms with Crippen LogP contribution in [0.1, 0.15) is 78.6 Å². The highest BCUT2D eigenvalue weighted by atomic mass is 16.3. The maximum Gasteiger partial charge on any atom is 0.0661 e. The number of aliphatic hydroxyl groups excluding tert-OH is 1. The maximum absolute atomic E-state index is 10.5. The van der Waals surface area contributed by atoms with Gasteiger partial charge >= 0.3 is 0 Å². The zero-order valence-corrected chi connectivity index (χ0v) is 15.8. The van der Waals surface area contributed by atoms with Gasteiger partial charge in [0.1, 0.15) is 0 Å². The maximum atomic E-state index is 10.5. The SMILES string of the molecule is CC[C@H]1C[C@@]2(C)C(CC[C@@H]3C2CC[C@@]2(C)C3CC[C@@H]2C#N)C[C@@H]1O. The van der Waals surface area contributed by atoms with Crippen LogP contribution >= 0.6 is 0 Å². The summed E-state index contributed by atoms with van der Waals surface area (Å²) >= 11 is 0. The Morgan fingerprint density at radius 2 is 1.79 bits per heavy atom. The van der Waals surface area contributed by atoms with Crippen molar-refractivity contribution in [3.05, 3.63) is 0 Å². The first-order chi connectivity index (χ1) is 11.4. The second-order valence-electron chi connectivity index (χ2n) is 10.1. The molecule has 9 atom stereocenters. The molecule has 4 rings (SSSR count). The zero-order valence-electron chi connectivity index (χ0n) is 15.8. The summed E-state index contributed by atoms with van der Waals surface area (Å²) in [6, 6.07) is 2.65. The summed E-state index contributed by atoms with van der Waals surface area (Å²) in [5.41, 5.74) is 0.729. The minimum absolute atomic E-state index is 0.0621. The van der Waals surface area contributed by atoms with Gasteiger partial charge < -0.3 is 5.11 Å². The lowest BCUT2D eigenvalue weighted by Gasteiger charge is -2.61. The predicted molar refractivity (Wildman–Crippen MR) is 96.0 cm³/mol. The Morgan fingerprint density at radius 1 is 1.04 bits per heavy atom. The van der Waals surface area contributed by atoms with Crippen molar-refractivity contribution >= 4 is 0 Å². The van der Waals surface area contributed by atoms with Crippen LogP contribution in [0.25, 0.3) is 0 Å². The van der Waals surface area contributed by atoms with E-state index in [4.69, 9.17) is 0 Å². The van der Waals surface area contributed by atoms with Gasteiger partial charge in [-0.05, 0) is 91.8 Å². The van der Waals surface area contributed by atoms with Gasteiger partial charge in [0, 0.05) is 0 Å². The predicted octanol–water partition coefficient (Wildman–Crippen LogP) is 5.17. The minimum atomic E-state index is -0.0621. The molecular formula is C22H35NO. The molecule has 4 fully saturated rings. The Labute approximate surface area is 148 Å². The molecule has 4 aliphatic carbocycles. The van der Waals surface area contributed by atoms with Gasteiger partial charge in [-0.2, -0.15) is 5.26 Å². The molecule has 0 amide bonds. The van der Waals surface area contributed by atoms with Crippen LogP contribution in [0.3, 0.4) is 0 Å². The van der Waals surface area contributed by atoms with Crippen molar-refractivity contribution < 1.29 is 5.11 Å². The number of rotatable bonds is 1. The van der Waals surface area contributed by atoms with Crippen molar-refractivity contribution in [2.75, 3.05) is 0 Å². The topological polar surface area (TPSA) is 44.0 Å². The monoisotopic (exact) mass is 329 g/mol. The molecule has 24 heavy (non-hydrogen) atoms. The second kappa shape index (κ2) is 5.73. The first kappa shape index (κ1) is 16.9. The Hall–Kier alpha value is -0.550. The summed E-state index contributed by atoms with van der Waals surface area (Å²) in [4.78, 5) is 0. The van der Waals surface area contributed by atoms with Crippen LogP contribution in [0, 0.1) is 57.7 Å². The average molecular weight is 330 g/mol. The van der Waals surface area contributed by atoms with E-state index in [1.807, 2.05) is 0 Å². The molecule has 134 valence electrons. The van der Waals surface area contributed by atoms with Gasteiger partial charge in [-0.15, -0.1) is 0 Å². The molecule has 0 bridgehead atoms. The van der Waals surface area contributed by atoms with Crippen LogP contribution in [-0.2, 0) is 0 Å². The van der Waals surface area contributed by atoms with Gasteiger partial charge in [-0.3, -0.25) is 0 Å². The highest BCUT2D eigenvalue weighted by molar-refractivity contribution is 5.13. The fourth-order valence-corrected chi connectivity index (χ4v) is 8.05. The lowest BCUT2D eigenvalue weighted by molar-refractivity contribution is -0.141. The molecule has 0 heterocycles. The van der Waals surface area contributed by atoms with Crippen LogP contribution in [0.5, 0.6) is 0 Å². The minimum Gasteiger partial charge on any atom is -0.393 e. The van der Waals surface area contributed by atoms with Gasteiger partial charge in [0.15, 0.2) is 0 Å². The molecule has 0 saturated heterocycles. The van der Waals surface area contributed by atoms with Crippen molar-refractivity contribution in [1.82, 2.24) is 0 Å². The first-order valence-corrected chi connectivity index (χ1v) is 10.5. The Balaban J connectivity index is 1.62. The normalized spacial score (nSPS) is 56.7. The molecular weight excluding hydrogens is 294 g/mol. The van der Waals surface area contributed by atoms with E-state index in [0.717, 1.165) is 42.9 Å². The van der Waals surface area contributed by atoms with Crippen LogP contribution in [-0.4, -0.2) is 11.2 Å². The summed E-state index contributed by atoms with van der Waals surface area (Å²) in [6.45, 7) is 7.26. The van der Waals surface area contributed by atoms with Crippen molar-refractivity contribution in [2.24, 2.45) is 46.3 Å². The number of hydrogen-bond donors (Lipinski definition) is 1. The van der Waals surface area contributed by atoms with E-state index < -0.39 is 0 Å². The van der Waals surface area contributed by atoms with Crippen LogP contribution in [0.2, 0.25) is 0 Å². The van der Waals surface area contributed by atoms with E-state index >= 15 is 0 Å². The molecule has 4 saturated carbocycles. The molecule has 0 aliphatic heterocycles. The van der Waals surface area contributed by atoms with E-state index in [0.29, 0.717) is 17.3 Å². The number of aliphatic hydroxyl groups is 1. The third-order valence-electron chi connectivity index (χ3n) is 9.52. The molecule has 0 aromatic heterocycles. The summed E-state index contributed by atoms with van der Waals surface area (Å²) in [5, 5.41) is 20.2. The summed E-state index contributed by atoms with van der Waals surface area (Å²) in [6.07, 6.45) is 11.0. The molecule has 2 heteroatoms. The highest BCUT2D eigenvalue weighted by Gasteiger charge is 2.60. The smallest absolute Gasteiger partial charge is 0.0661 e. The van der Waals surface area contributed by atoms with Crippen molar-refractivity contribution in [1.29, 1.82) is 5.26 Å². The number of fused-ring (bicyclic) bond motifs is 5. The third-order valence-corrected chi connectivity index (χ3v) is 9.52. The molecule has 1 N–H and O–H groups in total. The lowest BCUT2D eigenvalue weighted by Crippen LogP contribution is -2.55. The Kier molecular flexibility index (Phi) is 4.03. The summed E-state index contributed by atoms with van der Waals surface area (Å²) < 4.78 is 0. The fraction of sp³-hybridized carbons (Fsp3) is 0.955. The lowest BCUT2D eigenvalue weighted by atomic mass is 9.44. The third kappa shape index (κ3) is 2.16. The summed E-state index contributed by atoms with van der Waals surface area (Å²) in [5.74, 6) is 4.00. The fourth-order valence-electron chi connectivity index (χ4n) is 8.05. The average Bonchev–Trinajstić information content (AvgIpc) is 2.91. The highest BCUT2D eigenvalue weighted by Crippen LogP contribution is 2.67. The number of hydrogen-bond acceptors (Lipinski definition) is 2. The largest absolute Gasteiger partial charge is 0.393 e. The molecule has 4 aliphatic rings. The summed E-state index contributed by atoms with van der Waals surface area (Å²) in [7, 11) is 0. The van der Waals surface area contributed by atoms with E-state index in [1.165, 1.54) is 38.5 Å². The Morgan fingerprint density at radius 3 is 2.50 bits per heavy atom. The van der Waals surface area contributed by atoms with Gasteiger partial charge in [-0.25, -0.2) is 0 Å². The molecule has 0 spiro atoms. The Bertz CT molecular complexity index is 539. The number of nitrogens with zero attached hydrogens (tertiary/aromatic N) is 1. The molecule has 2 nitrogen and oxygen atoms in total. The van der Waals surface area contributed by atoms with Crippen molar-refractivity contribution in [2.45, 2.75) is 84.7 Å². The van der Waals surface area contributed by atoms with Crippen LogP contribution in [0.4, 0.5) is 0 Å². The first-order valence-electron chi connectivity index (χ1n) is 10.5. The second-order valence-corrected chi connectivity index (χ2v) is 10.1. The molecule has 0 aromatic rings. The molecule has 0 radical (unpaired) electrons. The molecule has 0 aromatic carbocycles. The molecule has 3 unspecified atom stereocenters. The van der Waals surface area contributed by atoms with Gasteiger partial charge in [0.25, 0.3) is 0 Å².